The van der Waals surface area contributed by atoms with E-state index in [1.165, 1.54) is 5.01 Å². The van der Waals surface area contributed by atoms with Gasteiger partial charge in [0.25, 0.3) is 0 Å². The third-order valence-electron chi connectivity index (χ3n) is 5.11. The van der Waals surface area contributed by atoms with Crippen LogP contribution in [0, 0.1) is 11.8 Å². The Hall–Kier alpha value is -3.14. The number of nitrogens with zero attached hydrogens (tertiary/aromatic N) is 1. The molecule has 2 atom stereocenters. The Labute approximate surface area is 187 Å². The first-order valence-corrected chi connectivity index (χ1v) is 10.8. The number of hydrogen-bond donors (Lipinski definition) is 3. The lowest BCUT2D eigenvalue weighted by atomic mass is 10.0. The summed E-state index contributed by atoms with van der Waals surface area (Å²) >= 11 is 0. The number of hydrogen-bond acceptors (Lipinski definition) is 7. The van der Waals surface area contributed by atoms with Gasteiger partial charge in [0.15, 0.2) is 0 Å². The zero-order valence-corrected chi connectivity index (χ0v) is 18.3. The number of Topliss-reactive ketones (excluding diaryl/α,β-unsaturated/α-hetero) is 1. The minimum Gasteiger partial charge on any atom is -0.445 e. The van der Waals surface area contributed by atoms with Crippen LogP contribution in [0.3, 0.4) is 0 Å². The highest BCUT2D eigenvalue weighted by atomic mass is 16.6. The van der Waals surface area contributed by atoms with E-state index in [0.29, 0.717) is 18.9 Å². The van der Waals surface area contributed by atoms with E-state index < -0.39 is 36.1 Å². The Morgan fingerprint density at radius 2 is 1.94 bits per heavy atom. The first-order valence-electron chi connectivity index (χ1n) is 10.8. The number of ketones is 1. The van der Waals surface area contributed by atoms with Gasteiger partial charge in [-0.2, -0.15) is 5.43 Å². The lowest BCUT2D eigenvalue weighted by molar-refractivity contribution is -0.130. The molecule has 32 heavy (non-hydrogen) atoms. The molecule has 1 unspecified atom stereocenters. The van der Waals surface area contributed by atoms with Crippen LogP contribution in [-0.2, 0) is 25.7 Å². The van der Waals surface area contributed by atoms with Gasteiger partial charge in [-0.25, -0.2) is 14.6 Å². The number of rotatable bonds is 11. The molecule has 10 heteroatoms. The van der Waals surface area contributed by atoms with Crippen LogP contribution in [0.4, 0.5) is 9.59 Å². The summed E-state index contributed by atoms with van der Waals surface area (Å²) in [5, 5.41) is 6.38. The normalized spacial score (nSPS) is 18.8. The fraction of sp³-hybridized carbons (Fsp3) is 0.545. The molecule has 1 aromatic carbocycles. The molecule has 2 aliphatic rings. The van der Waals surface area contributed by atoms with Crippen LogP contribution in [0.5, 0.6) is 0 Å². The first kappa shape index (κ1) is 23.5. The predicted octanol–water partition coefficient (Wildman–Crippen LogP) is 1.71. The quantitative estimate of drug-likeness (QED) is 0.472. The molecular formula is C22H30N4O6. The van der Waals surface area contributed by atoms with Crippen LogP contribution < -0.4 is 16.1 Å². The predicted molar refractivity (Wildman–Crippen MR) is 114 cm³/mol. The van der Waals surface area contributed by atoms with E-state index in [0.717, 1.165) is 18.4 Å². The monoisotopic (exact) mass is 446 g/mol. The third-order valence-corrected chi connectivity index (χ3v) is 5.11. The lowest BCUT2D eigenvalue weighted by Gasteiger charge is -2.20. The van der Waals surface area contributed by atoms with Gasteiger partial charge in [0.05, 0.1) is 6.54 Å². The molecule has 1 heterocycles. The number of alkyl carbamates (subject to hydrolysis) is 1. The second-order valence-electron chi connectivity index (χ2n) is 8.52. The Kier molecular flexibility index (Phi) is 8.04. The number of carbonyl (C=O) groups is 4. The summed E-state index contributed by atoms with van der Waals surface area (Å²) in [6.07, 6.45) is 0.0295. The van der Waals surface area contributed by atoms with Crippen molar-refractivity contribution in [3.8, 4) is 0 Å². The van der Waals surface area contributed by atoms with Crippen LogP contribution in [-0.4, -0.2) is 54.2 Å². The fourth-order valence-corrected chi connectivity index (χ4v) is 3.21. The number of cyclic esters (lactones) is 1. The second-order valence-corrected chi connectivity index (χ2v) is 8.52. The Morgan fingerprint density at radius 1 is 1.22 bits per heavy atom. The van der Waals surface area contributed by atoms with Crippen LogP contribution in [0.2, 0.25) is 0 Å². The molecule has 1 aliphatic heterocycles. The zero-order chi connectivity index (χ0) is 23.1. The van der Waals surface area contributed by atoms with Crippen molar-refractivity contribution in [3.05, 3.63) is 35.9 Å². The molecule has 3 rings (SSSR count). The summed E-state index contributed by atoms with van der Waals surface area (Å²) in [6, 6.07) is 8.32. The topological polar surface area (TPSA) is 126 Å². The smallest absolute Gasteiger partial charge is 0.426 e. The molecule has 0 spiro atoms. The minimum atomic E-state index is -1.13. The molecule has 174 valence electrons. The fourth-order valence-electron chi connectivity index (χ4n) is 3.21. The number of carbonyl (C=O) groups excluding carboxylic acids is 4. The van der Waals surface area contributed by atoms with Gasteiger partial charge in [-0.1, -0.05) is 44.2 Å². The van der Waals surface area contributed by atoms with Gasteiger partial charge in [-0.3, -0.25) is 9.59 Å². The molecule has 2 fully saturated rings. The van der Waals surface area contributed by atoms with E-state index in [2.05, 4.69) is 16.1 Å². The van der Waals surface area contributed by atoms with Gasteiger partial charge in [0, 0.05) is 6.54 Å². The van der Waals surface area contributed by atoms with E-state index in [-0.39, 0.29) is 19.1 Å². The van der Waals surface area contributed by atoms with Crippen molar-refractivity contribution in [2.75, 3.05) is 13.1 Å². The van der Waals surface area contributed by atoms with Gasteiger partial charge in [0.2, 0.25) is 17.9 Å². The van der Waals surface area contributed by atoms with Crippen LogP contribution in [0.25, 0.3) is 0 Å². The van der Waals surface area contributed by atoms with Crippen molar-refractivity contribution in [1.29, 1.82) is 0 Å². The summed E-state index contributed by atoms with van der Waals surface area (Å²) in [5.41, 5.74) is 3.56. The first-order chi connectivity index (χ1) is 15.3. The maximum Gasteiger partial charge on any atom is 0.426 e. The SMILES string of the molecule is CC(C)C[C@H](NC(=O)OCc1ccccc1)C(=O)NCC(=O)C1NN(CC2CC2)C(=O)O1. The van der Waals surface area contributed by atoms with Gasteiger partial charge < -0.3 is 20.1 Å². The maximum absolute atomic E-state index is 12.6. The second kappa shape index (κ2) is 10.9. The average molecular weight is 447 g/mol. The number of nitrogens with one attached hydrogen (secondary N) is 3. The van der Waals surface area contributed by atoms with Crippen LogP contribution in [0.1, 0.15) is 38.7 Å². The third kappa shape index (κ3) is 7.23. The molecule has 3 N–H and O–H groups in total. The summed E-state index contributed by atoms with van der Waals surface area (Å²) in [5.74, 6) is -0.444. The molecule has 10 nitrogen and oxygen atoms in total. The Balaban J connectivity index is 1.45. The van der Waals surface area contributed by atoms with Crippen LogP contribution >= 0.6 is 0 Å². The molecule has 1 aromatic rings. The van der Waals surface area contributed by atoms with E-state index >= 15 is 0 Å². The lowest BCUT2D eigenvalue weighted by Crippen LogP contribution is -2.50. The molecule has 0 radical (unpaired) electrons. The number of ether oxygens (including phenoxy) is 2. The van der Waals surface area contributed by atoms with Crippen molar-refractivity contribution in [2.24, 2.45) is 11.8 Å². The number of amides is 3. The van der Waals surface area contributed by atoms with Crippen LogP contribution in [0.15, 0.2) is 30.3 Å². The van der Waals surface area contributed by atoms with Crippen molar-refractivity contribution >= 4 is 23.9 Å². The van der Waals surface area contributed by atoms with Crippen molar-refractivity contribution in [2.45, 2.75) is 52.0 Å². The molecule has 0 bridgehead atoms. The standard InChI is InChI=1S/C22H30N4O6/c1-14(2)10-17(24-21(29)31-13-16-6-4-3-5-7-16)19(28)23-11-18(27)20-25-26(22(30)32-20)12-15-8-9-15/h3-7,14-15,17,20,25H,8-13H2,1-2H3,(H,23,28)(H,24,29)/t17-,20?/m0/s1. The highest BCUT2D eigenvalue weighted by Gasteiger charge is 2.38. The average Bonchev–Trinajstić information content (AvgIpc) is 3.51. The van der Waals surface area contributed by atoms with E-state index in [9.17, 15) is 19.2 Å². The number of benzene rings is 1. The van der Waals surface area contributed by atoms with E-state index in [1.54, 1.807) is 0 Å². The molecular weight excluding hydrogens is 416 g/mol. The molecule has 1 saturated carbocycles. The largest absolute Gasteiger partial charge is 0.445 e. The van der Waals surface area contributed by atoms with Gasteiger partial charge >= 0.3 is 12.2 Å². The van der Waals surface area contributed by atoms with Crippen molar-refractivity contribution in [1.82, 2.24) is 21.1 Å². The van der Waals surface area contributed by atoms with Gasteiger partial charge in [0.1, 0.15) is 12.6 Å². The van der Waals surface area contributed by atoms with Gasteiger partial charge in [-0.15, -0.1) is 0 Å². The highest BCUT2D eigenvalue weighted by molar-refractivity contribution is 5.93. The summed E-state index contributed by atoms with van der Waals surface area (Å²) in [6.45, 7) is 4.08. The van der Waals surface area contributed by atoms with Crippen molar-refractivity contribution < 1.29 is 28.7 Å². The zero-order valence-electron chi connectivity index (χ0n) is 18.3. The summed E-state index contributed by atoms with van der Waals surface area (Å²) < 4.78 is 10.2. The van der Waals surface area contributed by atoms with E-state index in [1.807, 2.05) is 44.2 Å². The van der Waals surface area contributed by atoms with Gasteiger partial charge in [-0.05, 0) is 36.7 Å². The maximum atomic E-state index is 12.6. The highest BCUT2D eigenvalue weighted by Crippen LogP contribution is 2.30. The molecule has 3 amide bonds. The Bertz CT molecular complexity index is 827. The minimum absolute atomic E-state index is 0.0806. The number of hydrazine groups is 1. The Morgan fingerprint density at radius 3 is 2.59 bits per heavy atom. The summed E-state index contributed by atoms with van der Waals surface area (Å²) in [7, 11) is 0. The molecule has 0 aromatic heterocycles. The summed E-state index contributed by atoms with van der Waals surface area (Å²) in [4.78, 5) is 49.0. The van der Waals surface area contributed by atoms with E-state index in [4.69, 9.17) is 9.47 Å². The molecule has 1 saturated heterocycles. The van der Waals surface area contributed by atoms with Crippen molar-refractivity contribution in [3.63, 3.8) is 0 Å². The molecule has 1 aliphatic carbocycles.